The van der Waals surface area contributed by atoms with Gasteiger partial charge in [-0.3, -0.25) is 0 Å². The Morgan fingerprint density at radius 2 is 1.00 bits per heavy atom. The molecule has 3 N–H and O–H groups in total. The summed E-state index contributed by atoms with van der Waals surface area (Å²) in [5.74, 6) is 1.25. The molecule has 0 aliphatic heterocycles. The number of anilines is 2. The van der Waals surface area contributed by atoms with E-state index in [9.17, 15) is 9.59 Å². The van der Waals surface area contributed by atoms with Crippen LogP contribution in [0.1, 0.15) is 54.7 Å². The van der Waals surface area contributed by atoms with Crippen LogP contribution in [0.5, 0.6) is 11.5 Å². The molecule has 6 heterocycles. The normalized spacial score (nSPS) is 10.8. The molecular weight excluding hydrogens is 916 g/mol. The van der Waals surface area contributed by atoms with Crippen LogP contribution in [-0.2, 0) is 27.4 Å². The van der Waals surface area contributed by atoms with Gasteiger partial charge in [0.05, 0.1) is 35.9 Å². The number of hydrogen-bond acceptors (Lipinski definition) is 19. The number of fused-ring (bicyclic) bond motifs is 2. The lowest BCUT2D eigenvalue weighted by Gasteiger charge is -2.20. The molecule has 0 atom stereocenters. The number of nitrogens with zero attached hydrogens (tertiary/aromatic N) is 12. The van der Waals surface area contributed by atoms with Gasteiger partial charge in [-0.15, -0.1) is 24.8 Å². The van der Waals surface area contributed by atoms with E-state index in [2.05, 4.69) is 70.9 Å². The van der Waals surface area contributed by atoms with Crippen molar-refractivity contribution in [2.24, 2.45) is 0 Å². The van der Waals surface area contributed by atoms with Crippen molar-refractivity contribution in [3.63, 3.8) is 0 Å². The minimum atomic E-state index is -1.09. The van der Waals surface area contributed by atoms with Crippen LogP contribution in [0.2, 0.25) is 0 Å². The lowest BCUT2D eigenvalue weighted by atomic mass is 10.1. The third-order valence-corrected chi connectivity index (χ3v) is 9.18. The molecule has 8 rings (SSSR count). The first kappa shape index (κ1) is 51.1. The molecule has 0 saturated heterocycles. The highest BCUT2D eigenvalue weighted by Crippen LogP contribution is 2.35. The van der Waals surface area contributed by atoms with E-state index in [4.69, 9.17) is 19.3 Å². The van der Waals surface area contributed by atoms with Crippen molar-refractivity contribution in [3.05, 3.63) is 120 Å². The van der Waals surface area contributed by atoms with Gasteiger partial charge in [-0.25, -0.2) is 49.5 Å². The molecule has 0 aliphatic rings. The fourth-order valence-electron chi connectivity index (χ4n) is 6.15. The lowest BCUT2D eigenvalue weighted by molar-refractivity contribution is -0.157. The molecule has 0 fully saturated rings. The number of aromatic nitrogens is 12. The quantitative estimate of drug-likeness (QED) is 0.0907. The number of aliphatic carboxylic acids is 1. The number of hydrogen-bond donors (Lipinski definition) is 3. The number of carboxylic acid groups (broad SMARTS) is 1. The summed E-state index contributed by atoms with van der Waals surface area (Å²) in [5, 5.41) is 33.4. The number of nitrogens with one attached hydrogen (secondary N) is 2. The Morgan fingerprint density at radius 1 is 0.574 bits per heavy atom. The van der Waals surface area contributed by atoms with E-state index in [0.717, 1.165) is 33.9 Å². The predicted molar refractivity (Wildman–Crippen MR) is 258 cm³/mol. The summed E-state index contributed by atoms with van der Waals surface area (Å²) in [7, 11) is 0. The monoisotopic (exact) mass is 962 g/mol. The summed E-state index contributed by atoms with van der Waals surface area (Å²) in [5.41, 5.74) is 6.82. The Morgan fingerprint density at radius 3 is 1.38 bits per heavy atom. The fourth-order valence-corrected chi connectivity index (χ4v) is 6.15. The molecule has 0 aliphatic carbocycles. The van der Waals surface area contributed by atoms with Gasteiger partial charge in [-0.05, 0) is 108 Å². The Balaban J connectivity index is 0.000000248. The second-order valence-corrected chi connectivity index (χ2v) is 16.0. The third kappa shape index (κ3) is 13.8. The molecule has 0 spiro atoms. The van der Waals surface area contributed by atoms with Gasteiger partial charge in [-0.2, -0.15) is 20.4 Å². The number of carbonyl (C=O) groups excluding carboxylic acids is 1. The van der Waals surface area contributed by atoms with Crippen molar-refractivity contribution in [2.45, 2.75) is 67.2 Å². The molecule has 0 saturated carbocycles. The van der Waals surface area contributed by atoms with Gasteiger partial charge in [-0.1, -0.05) is 0 Å². The number of aryl methyl sites for hydroxylation is 4. The molecule has 68 heavy (non-hydrogen) atoms. The maximum Gasteiger partial charge on any atom is 0.344 e. The highest BCUT2D eigenvalue weighted by atomic mass is 35.5. The molecule has 2 aromatic carbocycles. The summed E-state index contributed by atoms with van der Waals surface area (Å²) in [6.07, 6.45) is 9.73. The lowest BCUT2D eigenvalue weighted by Crippen LogP contribution is -2.27. The zero-order valence-corrected chi connectivity index (χ0v) is 39.7. The smallest absolute Gasteiger partial charge is 0.344 e. The van der Waals surface area contributed by atoms with Gasteiger partial charge in [0.1, 0.15) is 52.4 Å². The highest BCUT2D eigenvalue weighted by Gasteiger charge is 2.20. The number of halogens is 2. The number of ether oxygens (including phenoxy) is 3. The second-order valence-electron chi connectivity index (χ2n) is 16.0. The van der Waals surface area contributed by atoms with Gasteiger partial charge in [0.15, 0.2) is 24.9 Å². The molecule has 0 bridgehead atoms. The van der Waals surface area contributed by atoms with Crippen LogP contribution in [0.3, 0.4) is 0 Å². The van der Waals surface area contributed by atoms with E-state index in [1.807, 2.05) is 64.1 Å². The van der Waals surface area contributed by atoms with Crippen LogP contribution in [-0.4, -0.2) is 96.1 Å². The minimum Gasteiger partial charge on any atom is -0.480 e. The Labute approximate surface area is 403 Å². The molecule has 352 valence electrons. The maximum absolute atomic E-state index is 12.3. The van der Waals surface area contributed by atoms with E-state index in [0.29, 0.717) is 80.8 Å². The van der Waals surface area contributed by atoms with Crippen molar-refractivity contribution < 1.29 is 28.9 Å². The molecule has 0 unspecified atom stereocenters. The number of rotatable bonds is 14. The van der Waals surface area contributed by atoms with Gasteiger partial charge >= 0.3 is 11.9 Å². The van der Waals surface area contributed by atoms with Crippen LogP contribution in [0.25, 0.3) is 44.6 Å². The maximum atomic E-state index is 12.3. The van der Waals surface area contributed by atoms with E-state index < -0.39 is 24.1 Å². The van der Waals surface area contributed by atoms with Crippen molar-refractivity contribution in [3.8, 4) is 34.3 Å². The van der Waals surface area contributed by atoms with Gasteiger partial charge in [0.25, 0.3) is 0 Å². The number of carboxylic acids is 1. The van der Waals surface area contributed by atoms with Crippen LogP contribution >= 0.6 is 24.8 Å². The van der Waals surface area contributed by atoms with Crippen molar-refractivity contribution >= 4 is 70.2 Å². The standard InChI is InChI=1S/C25H27N7O3.C21H19N7O3.2ClH/c1-15-10-26-23(27-11-15)17-8-19-22(20(9-17)34-13-21(33)35-25(3,4)5)29-14-30-24(19)28-12-18-7-6-16(2)31-32-18;1-12-7-22-20(23-8-12)14-5-16-19(17(6-14)31-10-18(29)30)25-11-26-21(16)24-9-15-4-3-13(2)27-28-15;;/h6-11,14H,12-13H2,1-5H3,(H,28,29,30);3-8,11H,9-10H2,1-2H3,(H,29,30)(H,24,25,26);2*1H. The predicted octanol–water partition coefficient (Wildman–Crippen LogP) is 7.24. The largest absolute Gasteiger partial charge is 0.480 e. The van der Waals surface area contributed by atoms with Gasteiger partial charge in [0.2, 0.25) is 0 Å². The molecular formula is C46H48Cl2N14O6. The number of esters is 1. The van der Waals surface area contributed by atoms with Gasteiger partial charge in [0, 0.05) is 46.7 Å². The minimum absolute atomic E-state index is 0. The molecule has 6 aromatic heterocycles. The summed E-state index contributed by atoms with van der Waals surface area (Å²) in [6.45, 7) is 13.0. The number of benzene rings is 2. The van der Waals surface area contributed by atoms with E-state index >= 15 is 0 Å². The van der Waals surface area contributed by atoms with Crippen LogP contribution in [0.15, 0.2) is 86.0 Å². The first-order valence-corrected chi connectivity index (χ1v) is 20.6. The molecule has 8 aromatic rings. The molecule has 22 heteroatoms. The third-order valence-electron chi connectivity index (χ3n) is 9.18. The van der Waals surface area contributed by atoms with Gasteiger partial charge < -0.3 is 30.0 Å². The number of carbonyl (C=O) groups is 2. The van der Waals surface area contributed by atoms with Crippen molar-refractivity contribution in [1.29, 1.82) is 0 Å². The van der Waals surface area contributed by atoms with E-state index in [1.54, 1.807) is 57.7 Å². The van der Waals surface area contributed by atoms with Crippen molar-refractivity contribution in [1.82, 2.24) is 60.3 Å². The van der Waals surface area contributed by atoms with Crippen LogP contribution in [0.4, 0.5) is 11.6 Å². The van der Waals surface area contributed by atoms with E-state index in [-0.39, 0.29) is 31.4 Å². The average Bonchev–Trinajstić information content (AvgIpc) is 3.29. The first-order valence-electron chi connectivity index (χ1n) is 20.6. The molecule has 0 amide bonds. The highest BCUT2D eigenvalue weighted by molar-refractivity contribution is 5.97. The van der Waals surface area contributed by atoms with Crippen LogP contribution in [0, 0.1) is 27.7 Å². The Kier molecular flexibility index (Phi) is 17.3. The van der Waals surface area contributed by atoms with Crippen molar-refractivity contribution in [2.75, 3.05) is 23.8 Å². The Hall–Kier alpha value is -7.84. The molecule has 20 nitrogen and oxygen atoms in total. The zero-order valence-electron chi connectivity index (χ0n) is 38.1. The Bertz CT molecular complexity index is 2980. The van der Waals surface area contributed by atoms with Crippen LogP contribution < -0.4 is 20.1 Å². The summed E-state index contributed by atoms with van der Waals surface area (Å²) in [4.78, 5) is 58.4. The summed E-state index contributed by atoms with van der Waals surface area (Å²) < 4.78 is 16.7. The SMILES string of the molecule is Cc1cnc(-c2cc(OCC(=O)O)c3ncnc(NCc4ccc(C)nn4)c3c2)nc1.Cc1cnc(-c2cc(OCC(=O)OC(C)(C)C)c3ncnc(NCc4ccc(C)nn4)c3c2)nc1.Cl.Cl. The average molecular weight is 964 g/mol. The molecule has 0 radical (unpaired) electrons. The summed E-state index contributed by atoms with van der Waals surface area (Å²) in [6, 6.07) is 14.7. The first-order chi connectivity index (χ1) is 31.7. The second kappa shape index (κ2) is 23.1. The van der Waals surface area contributed by atoms with E-state index in [1.165, 1.54) is 12.7 Å². The zero-order chi connectivity index (χ0) is 46.8. The fraction of sp³-hybridized carbons (Fsp3) is 0.261. The topological polar surface area (TPSA) is 261 Å². The summed E-state index contributed by atoms with van der Waals surface area (Å²) >= 11 is 0.